The Balaban J connectivity index is 1.51. The molecule has 2 unspecified atom stereocenters. The second-order valence-electron chi connectivity index (χ2n) is 8.60. The Bertz CT molecular complexity index is 1340. The Hall–Kier alpha value is -2.98. The summed E-state index contributed by atoms with van der Waals surface area (Å²) in [7, 11) is -3.76. The molecule has 1 aliphatic heterocycles. The monoisotopic (exact) mass is 473 g/mol. The second-order valence-corrected chi connectivity index (χ2v) is 10.5. The third kappa shape index (κ3) is 3.57. The molecule has 2 aliphatic rings. The molecular weight excluding hydrogens is 449 g/mol. The molecule has 1 N–H and O–H groups in total. The second kappa shape index (κ2) is 7.81. The van der Waals surface area contributed by atoms with Crippen LogP contribution >= 0.6 is 0 Å². The van der Waals surface area contributed by atoms with Gasteiger partial charge in [0.15, 0.2) is 0 Å². The number of hydrogen-bond donors (Lipinski definition) is 1. The highest BCUT2D eigenvalue weighted by Gasteiger charge is 2.64. The van der Waals surface area contributed by atoms with E-state index >= 15 is 0 Å². The third-order valence-corrected chi connectivity index (χ3v) is 8.54. The summed E-state index contributed by atoms with van der Waals surface area (Å²) in [5, 5.41) is 14.3. The molecule has 2 aromatic carbocycles. The molecule has 5 rings (SSSR count). The van der Waals surface area contributed by atoms with Crippen LogP contribution in [0.4, 0.5) is 4.39 Å². The van der Waals surface area contributed by atoms with Crippen LogP contribution < -0.4 is 4.74 Å². The van der Waals surface area contributed by atoms with Gasteiger partial charge in [0.25, 0.3) is 0 Å². The van der Waals surface area contributed by atoms with Crippen LogP contribution in [-0.2, 0) is 21.2 Å². The van der Waals surface area contributed by atoms with E-state index in [0.717, 1.165) is 0 Å². The quantitative estimate of drug-likeness (QED) is 0.566. The van der Waals surface area contributed by atoms with E-state index in [1.807, 2.05) is 13.8 Å². The zero-order valence-corrected chi connectivity index (χ0v) is 19.0. The number of carbonyl (C=O) groups is 1. The van der Waals surface area contributed by atoms with Crippen LogP contribution in [0.2, 0.25) is 0 Å². The van der Waals surface area contributed by atoms with E-state index in [9.17, 15) is 22.7 Å². The maximum atomic E-state index is 14.1. The van der Waals surface area contributed by atoms with Gasteiger partial charge < -0.3 is 9.84 Å². The number of ether oxygens (including phenoxy) is 1. The van der Waals surface area contributed by atoms with Crippen molar-refractivity contribution in [2.45, 2.75) is 37.2 Å². The van der Waals surface area contributed by atoms with Crippen LogP contribution in [0.25, 0.3) is 10.9 Å². The summed E-state index contributed by atoms with van der Waals surface area (Å²) in [4.78, 5) is 11.5. The number of carboxylic acid groups (broad SMARTS) is 1. The molecule has 2 heterocycles. The molecule has 1 aromatic heterocycles. The van der Waals surface area contributed by atoms with Gasteiger partial charge in [-0.05, 0) is 55.3 Å². The molecule has 0 radical (unpaired) electrons. The molecule has 8 nitrogen and oxygen atoms in total. The van der Waals surface area contributed by atoms with Crippen molar-refractivity contribution in [3.05, 3.63) is 54.0 Å². The highest BCUT2D eigenvalue weighted by Crippen LogP contribution is 2.57. The zero-order valence-electron chi connectivity index (χ0n) is 18.2. The normalized spacial score (nSPS) is 24.7. The minimum Gasteiger partial charge on any atom is -0.494 e. The van der Waals surface area contributed by atoms with E-state index in [1.54, 1.807) is 28.9 Å². The third-order valence-electron chi connectivity index (χ3n) is 6.66. The van der Waals surface area contributed by atoms with Crippen LogP contribution in [0, 0.1) is 17.7 Å². The van der Waals surface area contributed by atoms with E-state index < -0.39 is 21.8 Å². The van der Waals surface area contributed by atoms with Crippen molar-refractivity contribution in [3.63, 3.8) is 0 Å². The topological polar surface area (TPSA) is 102 Å². The number of nitrogens with zero attached hydrogens (tertiary/aromatic N) is 3. The van der Waals surface area contributed by atoms with Crippen LogP contribution in [0.5, 0.6) is 5.75 Å². The summed E-state index contributed by atoms with van der Waals surface area (Å²) in [6, 6.07) is 10.0. The van der Waals surface area contributed by atoms with Crippen molar-refractivity contribution in [2.24, 2.45) is 11.8 Å². The Morgan fingerprint density at radius 3 is 2.64 bits per heavy atom. The van der Waals surface area contributed by atoms with Crippen molar-refractivity contribution in [1.82, 2.24) is 14.1 Å². The lowest BCUT2D eigenvalue weighted by atomic mass is 10.1. The van der Waals surface area contributed by atoms with Gasteiger partial charge in [0.1, 0.15) is 11.6 Å². The van der Waals surface area contributed by atoms with Crippen LogP contribution in [0.15, 0.2) is 47.4 Å². The van der Waals surface area contributed by atoms with E-state index in [1.165, 1.54) is 22.5 Å². The first-order chi connectivity index (χ1) is 15.7. The fraction of sp³-hybridized carbons (Fsp3) is 0.391. The Labute approximate surface area is 190 Å². The standard InChI is InChI=1S/C23H24FN3O5S/c1-3-32-15-5-7-16(8-6-15)33(30,31)26-12-20(22-13(2)23(22)26)27-19-10-14(24)4-9-17(19)18(25-27)11-21(28)29/h4-10,13,20,22-23H,3,11-12H2,1-2H3,(H,28,29)/t13-,20+,22?,23?/m1/s1. The maximum absolute atomic E-state index is 14.1. The largest absolute Gasteiger partial charge is 0.494 e. The molecule has 3 aromatic rings. The zero-order chi connectivity index (χ0) is 23.5. The number of benzene rings is 2. The van der Waals surface area contributed by atoms with Gasteiger partial charge in [0, 0.05) is 23.9 Å². The number of aromatic nitrogens is 2. The molecule has 10 heteroatoms. The number of sulfonamides is 1. The number of aliphatic carboxylic acids is 1. The smallest absolute Gasteiger partial charge is 0.309 e. The summed E-state index contributed by atoms with van der Waals surface area (Å²) in [5.74, 6) is -0.759. The number of hydrogen-bond acceptors (Lipinski definition) is 5. The lowest BCUT2D eigenvalue weighted by Gasteiger charge is -2.23. The lowest BCUT2D eigenvalue weighted by molar-refractivity contribution is -0.136. The van der Waals surface area contributed by atoms with Gasteiger partial charge in [-0.1, -0.05) is 6.92 Å². The van der Waals surface area contributed by atoms with Crippen LogP contribution in [0.1, 0.15) is 25.6 Å². The van der Waals surface area contributed by atoms with Crippen LogP contribution in [0.3, 0.4) is 0 Å². The number of piperidine rings is 1. The van der Waals surface area contributed by atoms with Crippen molar-refractivity contribution in [2.75, 3.05) is 13.2 Å². The van der Waals surface area contributed by atoms with Gasteiger partial charge in [-0.2, -0.15) is 9.40 Å². The minimum absolute atomic E-state index is 0.0199. The summed E-state index contributed by atoms with van der Waals surface area (Å²) >= 11 is 0. The van der Waals surface area contributed by atoms with Crippen molar-refractivity contribution in [1.29, 1.82) is 0 Å². The minimum atomic E-state index is -3.76. The summed E-state index contributed by atoms with van der Waals surface area (Å²) in [6.45, 7) is 4.53. The van der Waals surface area contributed by atoms with E-state index in [2.05, 4.69) is 5.10 Å². The molecule has 174 valence electrons. The molecule has 0 spiro atoms. The highest BCUT2D eigenvalue weighted by molar-refractivity contribution is 7.89. The van der Waals surface area contributed by atoms with Gasteiger partial charge in [0.2, 0.25) is 10.0 Å². The Morgan fingerprint density at radius 1 is 1.24 bits per heavy atom. The first-order valence-electron chi connectivity index (χ1n) is 10.9. The van der Waals surface area contributed by atoms with Gasteiger partial charge in [-0.3, -0.25) is 9.48 Å². The predicted octanol–water partition coefficient (Wildman–Crippen LogP) is 3.08. The lowest BCUT2D eigenvalue weighted by Crippen LogP contribution is -2.34. The first-order valence-corrected chi connectivity index (χ1v) is 12.3. The summed E-state index contributed by atoms with van der Waals surface area (Å²) < 4.78 is 49.5. The number of halogens is 1. The van der Waals surface area contributed by atoms with Crippen molar-refractivity contribution >= 4 is 26.9 Å². The Kier molecular flexibility index (Phi) is 5.17. The van der Waals surface area contributed by atoms with E-state index in [0.29, 0.717) is 29.0 Å². The average Bonchev–Trinajstić information content (AvgIpc) is 3.09. The van der Waals surface area contributed by atoms with Gasteiger partial charge in [-0.15, -0.1) is 0 Å². The number of fused-ring (bicyclic) bond motifs is 2. The van der Waals surface area contributed by atoms with Crippen molar-refractivity contribution in [3.8, 4) is 5.75 Å². The molecule has 33 heavy (non-hydrogen) atoms. The molecule has 0 amide bonds. The van der Waals surface area contributed by atoms with Crippen molar-refractivity contribution < 1.29 is 27.4 Å². The molecule has 2 fully saturated rings. The highest BCUT2D eigenvalue weighted by atomic mass is 32.2. The van der Waals surface area contributed by atoms with E-state index in [-0.39, 0.29) is 41.8 Å². The van der Waals surface area contributed by atoms with Crippen LogP contribution in [-0.4, -0.2) is 52.8 Å². The molecule has 1 saturated carbocycles. The number of rotatable bonds is 7. The average molecular weight is 474 g/mol. The first kappa shape index (κ1) is 21.8. The fourth-order valence-corrected chi connectivity index (χ4v) is 6.90. The SMILES string of the molecule is CCOc1ccc(S(=O)(=O)N2C[C@H](n3nc(CC(=O)O)c4ccc(F)cc43)C3C2[C@@H]3C)cc1. The predicted molar refractivity (Wildman–Crippen MR) is 118 cm³/mol. The maximum Gasteiger partial charge on any atom is 0.309 e. The molecular formula is C23H24FN3O5S. The van der Waals surface area contributed by atoms with Gasteiger partial charge in [0.05, 0.1) is 35.2 Å². The number of carboxylic acids is 1. The molecule has 1 saturated heterocycles. The fourth-order valence-electron chi connectivity index (χ4n) is 5.14. The van der Waals surface area contributed by atoms with Gasteiger partial charge in [-0.25, -0.2) is 12.8 Å². The molecule has 1 aliphatic carbocycles. The molecule has 4 atom stereocenters. The summed E-state index contributed by atoms with van der Waals surface area (Å²) in [5.41, 5.74) is 0.824. The van der Waals surface area contributed by atoms with Gasteiger partial charge >= 0.3 is 5.97 Å². The Morgan fingerprint density at radius 2 is 1.97 bits per heavy atom. The molecule has 0 bridgehead atoms. The van der Waals surface area contributed by atoms with E-state index in [4.69, 9.17) is 4.74 Å². The summed E-state index contributed by atoms with van der Waals surface area (Å²) in [6.07, 6.45) is -0.292.